The number of ether oxygens (including phenoxy) is 1. The van der Waals surface area contributed by atoms with Crippen LogP contribution >= 0.6 is 0 Å². The molecule has 0 saturated heterocycles. The minimum Gasteiger partial charge on any atom is -0.468 e. The Hall–Kier alpha value is -1.35. The van der Waals surface area contributed by atoms with Crippen LogP contribution in [0.3, 0.4) is 0 Å². The summed E-state index contributed by atoms with van der Waals surface area (Å²) in [6, 6.07) is 3.76. The number of hydrogen-bond donors (Lipinski definition) is 1. The lowest BCUT2D eigenvalue weighted by atomic mass is 9.85. The lowest BCUT2D eigenvalue weighted by molar-refractivity contribution is -0.142. The van der Waals surface area contributed by atoms with Crippen molar-refractivity contribution < 1.29 is 9.53 Å². The molecule has 1 rings (SSSR count). The van der Waals surface area contributed by atoms with Gasteiger partial charge in [0.1, 0.15) is 6.04 Å². The Kier molecular flexibility index (Phi) is 5.55. The van der Waals surface area contributed by atoms with Gasteiger partial charge in [0.05, 0.1) is 7.11 Å². The molecule has 2 unspecified atom stereocenters. The third kappa shape index (κ3) is 3.57. The fraction of sp³-hybridized carbons (Fsp3) is 0.562. The molecule has 0 aliphatic rings. The van der Waals surface area contributed by atoms with E-state index < -0.39 is 6.04 Å². The maximum atomic E-state index is 11.5. The number of carbonyl (C=O) groups is 1. The summed E-state index contributed by atoms with van der Waals surface area (Å²) in [5.41, 5.74) is 11.1. The summed E-state index contributed by atoms with van der Waals surface area (Å²) in [5.74, 6) is -0.0339. The zero-order valence-corrected chi connectivity index (χ0v) is 12.6. The van der Waals surface area contributed by atoms with Crippen LogP contribution in [0.5, 0.6) is 0 Å². The fourth-order valence-electron chi connectivity index (χ4n) is 2.49. The number of rotatable bonds is 5. The van der Waals surface area contributed by atoms with E-state index >= 15 is 0 Å². The Labute approximate surface area is 116 Å². The molecule has 0 aromatic heterocycles. The third-order valence-corrected chi connectivity index (χ3v) is 4.07. The molecule has 1 aromatic rings. The first-order valence-corrected chi connectivity index (χ1v) is 6.82. The predicted molar refractivity (Wildman–Crippen MR) is 78.3 cm³/mol. The molecule has 0 aliphatic carbocycles. The fourth-order valence-corrected chi connectivity index (χ4v) is 2.49. The number of nitrogens with two attached hydrogens (primary N) is 1. The van der Waals surface area contributed by atoms with E-state index in [1.165, 1.54) is 29.4 Å². The van der Waals surface area contributed by atoms with Gasteiger partial charge < -0.3 is 10.5 Å². The number of carbonyl (C=O) groups excluding carboxylic acids is 1. The number of aryl methyl sites for hydroxylation is 1. The van der Waals surface area contributed by atoms with Crippen LogP contribution in [0.4, 0.5) is 0 Å². The molecule has 0 saturated carbocycles. The quantitative estimate of drug-likeness (QED) is 0.831. The summed E-state index contributed by atoms with van der Waals surface area (Å²) >= 11 is 0. The van der Waals surface area contributed by atoms with E-state index in [0.717, 1.165) is 6.42 Å². The SMILES string of the molecule is CCC(CC(N)C(=O)OC)c1ccc(C)c(C)c1C. The molecule has 106 valence electrons. The number of esters is 1. The lowest BCUT2D eigenvalue weighted by Gasteiger charge is -2.22. The largest absolute Gasteiger partial charge is 0.468 e. The van der Waals surface area contributed by atoms with Crippen molar-refractivity contribution in [2.75, 3.05) is 7.11 Å². The van der Waals surface area contributed by atoms with Crippen molar-refractivity contribution in [3.63, 3.8) is 0 Å². The average Bonchev–Trinajstić information content (AvgIpc) is 2.41. The van der Waals surface area contributed by atoms with Crippen molar-refractivity contribution in [2.24, 2.45) is 5.73 Å². The normalized spacial score (nSPS) is 14.0. The van der Waals surface area contributed by atoms with Crippen molar-refractivity contribution in [1.82, 2.24) is 0 Å². The van der Waals surface area contributed by atoms with Crippen LogP contribution in [0, 0.1) is 20.8 Å². The topological polar surface area (TPSA) is 52.3 Å². The van der Waals surface area contributed by atoms with Crippen molar-refractivity contribution >= 4 is 5.97 Å². The van der Waals surface area contributed by atoms with E-state index in [1.54, 1.807) is 0 Å². The number of hydrogen-bond acceptors (Lipinski definition) is 3. The molecule has 0 heterocycles. The molecule has 3 heteroatoms. The van der Waals surface area contributed by atoms with Gasteiger partial charge in [-0.3, -0.25) is 4.79 Å². The third-order valence-electron chi connectivity index (χ3n) is 4.07. The van der Waals surface area contributed by atoms with Gasteiger partial charge in [0, 0.05) is 0 Å². The van der Waals surface area contributed by atoms with Crippen LogP contribution in [0.1, 0.15) is 47.9 Å². The van der Waals surface area contributed by atoms with E-state index in [4.69, 9.17) is 10.5 Å². The molecular weight excluding hydrogens is 238 g/mol. The summed E-state index contributed by atoms with van der Waals surface area (Å²) in [5, 5.41) is 0. The summed E-state index contributed by atoms with van der Waals surface area (Å²) in [6.07, 6.45) is 1.60. The zero-order chi connectivity index (χ0) is 14.6. The summed E-state index contributed by atoms with van der Waals surface area (Å²) in [4.78, 5) is 11.5. The summed E-state index contributed by atoms with van der Waals surface area (Å²) in [6.45, 7) is 8.53. The Morgan fingerprint density at radius 1 is 1.26 bits per heavy atom. The molecule has 0 aliphatic heterocycles. The first-order chi connectivity index (χ1) is 8.92. The van der Waals surface area contributed by atoms with Gasteiger partial charge in [0.2, 0.25) is 0 Å². The Balaban J connectivity index is 2.98. The van der Waals surface area contributed by atoms with Gasteiger partial charge in [0.15, 0.2) is 0 Å². The zero-order valence-electron chi connectivity index (χ0n) is 12.6. The molecule has 0 amide bonds. The standard InChI is InChI=1S/C16H25NO2/c1-6-13(9-15(17)16(18)19-5)14-8-7-10(2)11(3)12(14)4/h7-8,13,15H,6,9,17H2,1-5H3. The van der Waals surface area contributed by atoms with Gasteiger partial charge in [-0.05, 0) is 61.8 Å². The van der Waals surface area contributed by atoms with E-state index in [1.807, 2.05) is 0 Å². The number of benzene rings is 1. The second-order valence-corrected chi connectivity index (χ2v) is 5.19. The lowest BCUT2D eigenvalue weighted by Crippen LogP contribution is -2.33. The molecule has 19 heavy (non-hydrogen) atoms. The van der Waals surface area contributed by atoms with Crippen LogP contribution in [0.15, 0.2) is 12.1 Å². The van der Waals surface area contributed by atoms with Gasteiger partial charge in [-0.25, -0.2) is 0 Å². The second-order valence-electron chi connectivity index (χ2n) is 5.19. The minimum atomic E-state index is -0.545. The molecular formula is C16H25NO2. The Morgan fingerprint density at radius 3 is 2.42 bits per heavy atom. The highest BCUT2D eigenvalue weighted by atomic mass is 16.5. The van der Waals surface area contributed by atoms with Crippen LogP contribution < -0.4 is 5.73 Å². The molecule has 0 fully saturated rings. The maximum Gasteiger partial charge on any atom is 0.322 e. The smallest absolute Gasteiger partial charge is 0.322 e. The van der Waals surface area contributed by atoms with Crippen molar-refractivity contribution in [3.05, 3.63) is 34.4 Å². The van der Waals surface area contributed by atoms with Crippen LogP contribution in [0.2, 0.25) is 0 Å². The highest BCUT2D eigenvalue weighted by molar-refractivity contribution is 5.75. The number of methoxy groups -OCH3 is 1. The van der Waals surface area contributed by atoms with Crippen molar-refractivity contribution in [2.45, 2.75) is 52.5 Å². The van der Waals surface area contributed by atoms with E-state index in [0.29, 0.717) is 12.3 Å². The summed E-state index contributed by atoms with van der Waals surface area (Å²) in [7, 11) is 1.38. The van der Waals surface area contributed by atoms with E-state index in [2.05, 4.69) is 39.8 Å². The first-order valence-electron chi connectivity index (χ1n) is 6.82. The van der Waals surface area contributed by atoms with Crippen molar-refractivity contribution in [1.29, 1.82) is 0 Å². The first kappa shape index (κ1) is 15.7. The minimum absolute atomic E-state index is 0.299. The average molecular weight is 263 g/mol. The van der Waals surface area contributed by atoms with Gasteiger partial charge in [0.25, 0.3) is 0 Å². The van der Waals surface area contributed by atoms with Crippen molar-refractivity contribution in [3.8, 4) is 0 Å². The molecule has 2 N–H and O–H groups in total. The molecule has 0 bridgehead atoms. The highest BCUT2D eigenvalue weighted by Crippen LogP contribution is 2.30. The molecule has 1 aromatic carbocycles. The van der Waals surface area contributed by atoms with E-state index in [-0.39, 0.29) is 5.97 Å². The van der Waals surface area contributed by atoms with Crippen LogP contribution in [-0.4, -0.2) is 19.1 Å². The second kappa shape index (κ2) is 6.71. The van der Waals surface area contributed by atoms with Crippen LogP contribution in [-0.2, 0) is 9.53 Å². The molecule has 0 spiro atoms. The Morgan fingerprint density at radius 2 is 1.89 bits per heavy atom. The van der Waals surface area contributed by atoms with Gasteiger partial charge >= 0.3 is 5.97 Å². The molecule has 3 nitrogen and oxygen atoms in total. The summed E-state index contributed by atoms with van der Waals surface area (Å²) < 4.78 is 4.70. The maximum absolute atomic E-state index is 11.5. The highest BCUT2D eigenvalue weighted by Gasteiger charge is 2.21. The Bertz CT molecular complexity index is 454. The van der Waals surface area contributed by atoms with Gasteiger partial charge in [-0.2, -0.15) is 0 Å². The molecule has 0 radical (unpaired) electrons. The van der Waals surface area contributed by atoms with Gasteiger partial charge in [-0.15, -0.1) is 0 Å². The van der Waals surface area contributed by atoms with Gasteiger partial charge in [-0.1, -0.05) is 19.1 Å². The molecule has 2 atom stereocenters. The monoisotopic (exact) mass is 263 g/mol. The van der Waals surface area contributed by atoms with Crippen LogP contribution in [0.25, 0.3) is 0 Å². The predicted octanol–water partition coefficient (Wildman–Crippen LogP) is 3.00. The van der Waals surface area contributed by atoms with E-state index in [9.17, 15) is 4.79 Å².